The number of halogens is 4. The van der Waals surface area contributed by atoms with Gasteiger partial charge in [-0.3, -0.25) is 0 Å². The maximum Gasteiger partial charge on any atom is 0.196 e. The molecule has 0 saturated heterocycles. The molecule has 3 N–H and O–H groups in total. The lowest BCUT2D eigenvalue weighted by atomic mass is 10.1. The Bertz CT molecular complexity index is 692. The molecule has 0 atom stereocenters. The van der Waals surface area contributed by atoms with Gasteiger partial charge >= 0.3 is 0 Å². The zero-order valence-corrected chi connectivity index (χ0v) is 11.5. The molecular weight excluding hydrogens is 309 g/mol. The molecule has 0 bridgehead atoms. The number of benzene rings is 2. The summed E-state index contributed by atoms with van der Waals surface area (Å²) in [6, 6.07) is 6.44. The molecule has 2 aromatic carbocycles. The third-order valence-electron chi connectivity index (χ3n) is 2.55. The molecule has 0 aliphatic heterocycles. The van der Waals surface area contributed by atoms with E-state index < -0.39 is 17.5 Å². The summed E-state index contributed by atoms with van der Waals surface area (Å²) in [6.07, 6.45) is 0. The summed E-state index contributed by atoms with van der Waals surface area (Å²) in [5.74, 6) is -4.17. The largest absolute Gasteiger partial charge is 0.389 e. The Balaban J connectivity index is 2.47. The lowest BCUT2D eigenvalue weighted by molar-refractivity contribution is 0.449. The standard InChI is InChI=1S/C13H8ClF3N2S/c14-6-1-2-7(13(18)20)10(5-6)19-9-4-3-8(15)11(16)12(9)17/h1-5,19H,(H2,18,20). The van der Waals surface area contributed by atoms with Crippen LogP contribution in [-0.2, 0) is 0 Å². The van der Waals surface area contributed by atoms with E-state index >= 15 is 0 Å². The SMILES string of the molecule is NC(=S)c1ccc(Cl)cc1Nc1ccc(F)c(F)c1F. The molecule has 7 heteroatoms. The summed E-state index contributed by atoms with van der Waals surface area (Å²) >= 11 is 10.7. The smallest absolute Gasteiger partial charge is 0.196 e. The number of anilines is 2. The van der Waals surface area contributed by atoms with E-state index in [4.69, 9.17) is 29.6 Å². The summed E-state index contributed by atoms with van der Waals surface area (Å²) in [5, 5.41) is 2.95. The van der Waals surface area contributed by atoms with Crippen molar-refractivity contribution in [2.45, 2.75) is 0 Å². The van der Waals surface area contributed by atoms with Gasteiger partial charge in [-0.15, -0.1) is 0 Å². The average molecular weight is 317 g/mol. The van der Waals surface area contributed by atoms with Crippen LogP contribution in [-0.4, -0.2) is 4.99 Å². The maximum atomic E-state index is 13.6. The Hall–Kier alpha value is -1.79. The van der Waals surface area contributed by atoms with E-state index in [1.54, 1.807) is 12.1 Å². The van der Waals surface area contributed by atoms with Crippen LogP contribution in [0.25, 0.3) is 0 Å². The monoisotopic (exact) mass is 316 g/mol. The molecule has 0 unspecified atom stereocenters. The number of thiocarbonyl (C=S) groups is 1. The highest BCUT2D eigenvalue weighted by atomic mass is 35.5. The number of rotatable bonds is 3. The Labute approximate surface area is 123 Å². The molecule has 20 heavy (non-hydrogen) atoms. The van der Waals surface area contributed by atoms with Crippen molar-refractivity contribution in [1.29, 1.82) is 0 Å². The van der Waals surface area contributed by atoms with Crippen LogP contribution in [0.3, 0.4) is 0 Å². The minimum absolute atomic E-state index is 0.0622. The van der Waals surface area contributed by atoms with Crippen LogP contribution in [0.5, 0.6) is 0 Å². The Morgan fingerprint density at radius 3 is 2.40 bits per heavy atom. The Morgan fingerprint density at radius 2 is 1.75 bits per heavy atom. The topological polar surface area (TPSA) is 38.0 Å². The van der Waals surface area contributed by atoms with Crippen LogP contribution >= 0.6 is 23.8 Å². The van der Waals surface area contributed by atoms with Crippen molar-refractivity contribution in [3.05, 3.63) is 58.4 Å². The number of hydrogen-bond acceptors (Lipinski definition) is 2. The van der Waals surface area contributed by atoms with Gasteiger partial charge in [-0.25, -0.2) is 13.2 Å². The van der Waals surface area contributed by atoms with Gasteiger partial charge in [0.1, 0.15) is 4.99 Å². The summed E-state index contributed by atoms with van der Waals surface area (Å²) in [7, 11) is 0. The van der Waals surface area contributed by atoms with Gasteiger partial charge in [0.05, 0.1) is 11.4 Å². The first-order valence-corrected chi connectivity index (χ1v) is 6.18. The molecule has 0 saturated carbocycles. The average Bonchev–Trinajstić information content (AvgIpc) is 2.39. The highest BCUT2D eigenvalue weighted by Crippen LogP contribution is 2.27. The minimum Gasteiger partial charge on any atom is -0.389 e. The van der Waals surface area contributed by atoms with Crippen LogP contribution in [0.4, 0.5) is 24.5 Å². The van der Waals surface area contributed by atoms with Gasteiger partial charge in [0, 0.05) is 10.6 Å². The normalized spacial score (nSPS) is 10.4. The minimum atomic E-state index is -1.56. The zero-order chi connectivity index (χ0) is 14.9. The van der Waals surface area contributed by atoms with Crippen molar-refractivity contribution in [3.63, 3.8) is 0 Å². The molecule has 0 radical (unpaired) electrons. The first kappa shape index (κ1) is 14.6. The predicted octanol–water partition coefficient (Wildman–Crippen LogP) is 4.14. The fourth-order valence-electron chi connectivity index (χ4n) is 1.60. The van der Waals surface area contributed by atoms with Gasteiger partial charge in [-0.2, -0.15) is 0 Å². The van der Waals surface area contributed by atoms with Crippen molar-refractivity contribution in [2.24, 2.45) is 5.73 Å². The van der Waals surface area contributed by atoms with Crippen molar-refractivity contribution < 1.29 is 13.2 Å². The molecule has 2 aromatic rings. The maximum absolute atomic E-state index is 13.6. The number of nitrogens with two attached hydrogens (primary N) is 1. The highest BCUT2D eigenvalue weighted by molar-refractivity contribution is 7.80. The molecule has 0 aromatic heterocycles. The van der Waals surface area contributed by atoms with E-state index in [0.717, 1.165) is 12.1 Å². The van der Waals surface area contributed by atoms with Crippen LogP contribution in [0.2, 0.25) is 5.02 Å². The molecule has 0 aliphatic carbocycles. The van der Waals surface area contributed by atoms with E-state index in [0.29, 0.717) is 16.3 Å². The third-order valence-corrected chi connectivity index (χ3v) is 3.01. The summed E-state index contributed by atoms with van der Waals surface area (Å²) < 4.78 is 39.6. The second-order valence-electron chi connectivity index (χ2n) is 3.90. The van der Waals surface area contributed by atoms with E-state index in [1.807, 2.05) is 0 Å². The number of nitrogens with one attached hydrogen (secondary N) is 1. The lowest BCUT2D eigenvalue weighted by Gasteiger charge is -2.12. The van der Waals surface area contributed by atoms with E-state index in [9.17, 15) is 13.2 Å². The van der Waals surface area contributed by atoms with Gasteiger partial charge in [-0.1, -0.05) is 23.8 Å². The Morgan fingerprint density at radius 1 is 1.05 bits per heavy atom. The van der Waals surface area contributed by atoms with Crippen LogP contribution in [0, 0.1) is 17.5 Å². The molecule has 104 valence electrons. The van der Waals surface area contributed by atoms with Crippen molar-refractivity contribution in [2.75, 3.05) is 5.32 Å². The van der Waals surface area contributed by atoms with Crippen LogP contribution in [0.1, 0.15) is 5.56 Å². The number of hydrogen-bond donors (Lipinski definition) is 2. The van der Waals surface area contributed by atoms with Crippen LogP contribution in [0.15, 0.2) is 30.3 Å². The fraction of sp³-hybridized carbons (Fsp3) is 0. The molecular formula is C13H8ClF3N2S. The summed E-state index contributed by atoms with van der Waals surface area (Å²) in [5.41, 5.74) is 6.00. The van der Waals surface area contributed by atoms with Crippen molar-refractivity contribution in [1.82, 2.24) is 0 Å². The first-order chi connectivity index (χ1) is 9.40. The molecule has 2 nitrogen and oxygen atoms in total. The quantitative estimate of drug-likeness (QED) is 0.660. The second-order valence-corrected chi connectivity index (χ2v) is 4.78. The van der Waals surface area contributed by atoms with E-state index in [-0.39, 0.29) is 10.7 Å². The fourth-order valence-corrected chi connectivity index (χ4v) is 1.95. The van der Waals surface area contributed by atoms with E-state index in [2.05, 4.69) is 5.32 Å². The van der Waals surface area contributed by atoms with Gasteiger partial charge in [0.15, 0.2) is 17.5 Å². The van der Waals surface area contributed by atoms with Crippen molar-refractivity contribution in [3.8, 4) is 0 Å². The van der Waals surface area contributed by atoms with Crippen molar-refractivity contribution >= 4 is 40.2 Å². The highest BCUT2D eigenvalue weighted by Gasteiger charge is 2.15. The van der Waals surface area contributed by atoms with E-state index in [1.165, 1.54) is 6.07 Å². The zero-order valence-electron chi connectivity index (χ0n) is 9.88. The van der Waals surface area contributed by atoms with Gasteiger partial charge < -0.3 is 11.1 Å². The van der Waals surface area contributed by atoms with Crippen LogP contribution < -0.4 is 11.1 Å². The molecule has 0 spiro atoms. The first-order valence-electron chi connectivity index (χ1n) is 5.40. The molecule has 0 fully saturated rings. The summed E-state index contributed by atoms with van der Waals surface area (Å²) in [6.45, 7) is 0. The molecule has 0 amide bonds. The van der Waals surface area contributed by atoms with Gasteiger partial charge in [-0.05, 0) is 30.3 Å². The molecule has 0 aliphatic rings. The Kier molecular flexibility index (Phi) is 4.15. The second kappa shape index (κ2) is 5.68. The van der Waals surface area contributed by atoms with Gasteiger partial charge in [0.2, 0.25) is 0 Å². The third kappa shape index (κ3) is 2.86. The predicted molar refractivity (Wildman–Crippen MR) is 76.9 cm³/mol. The molecule has 2 rings (SSSR count). The summed E-state index contributed by atoms with van der Waals surface area (Å²) in [4.78, 5) is 0.0622. The van der Waals surface area contributed by atoms with Gasteiger partial charge in [0.25, 0.3) is 0 Å². The molecule has 0 heterocycles. The lowest BCUT2D eigenvalue weighted by Crippen LogP contribution is -2.12.